The molecule has 1 aromatic heterocycles. The molecule has 0 saturated heterocycles. The summed E-state index contributed by atoms with van der Waals surface area (Å²) in [5, 5.41) is 0. The van der Waals surface area contributed by atoms with Crippen LogP contribution in [0.1, 0.15) is 16.3 Å². The van der Waals surface area contributed by atoms with E-state index < -0.39 is 5.97 Å². The lowest BCUT2D eigenvalue weighted by atomic mass is 10.3. The average Bonchev–Trinajstić information content (AvgIpc) is 2.73. The van der Waals surface area contributed by atoms with Gasteiger partial charge in [-0.2, -0.15) is 0 Å². The predicted octanol–water partition coefficient (Wildman–Crippen LogP) is 2.27. The highest BCUT2D eigenvalue weighted by molar-refractivity contribution is 7.98. The van der Waals surface area contributed by atoms with Crippen LogP contribution in [0.15, 0.2) is 29.2 Å². The number of carbonyl (C=O) groups excluding carboxylic acids is 1. The number of esters is 1. The molecule has 1 aromatic carbocycles. The summed E-state index contributed by atoms with van der Waals surface area (Å²) in [4.78, 5) is 16.9. The zero-order valence-electron chi connectivity index (χ0n) is 11.0. The number of nitrogens with zero attached hydrogens (tertiary/aromatic N) is 2. The van der Waals surface area contributed by atoms with Gasteiger partial charge in [-0.3, -0.25) is 4.57 Å². The van der Waals surface area contributed by atoms with E-state index in [2.05, 4.69) is 9.72 Å². The Labute approximate surface area is 115 Å². The van der Waals surface area contributed by atoms with Crippen LogP contribution in [0.4, 0.5) is 5.82 Å². The Kier molecular flexibility index (Phi) is 3.80. The van der Waals surface area contributed by atoms with Gasteiger partial charge in [0, 0.05) is 10.6 Å². The monoisotopic (exact) mass is 277 g/mol. The minimum Gasteiger partial charge on any atom is -0.464 e. The number of ether oxygens (including phenoxy) is 1. The number of rotatable bonds is 3. The first-order valence-electron chi connectivity index (χ1n) is 5.66. The van der Waals surface area contributed by atoms with Crippen LogP contribution in [0.25, 0.3) is 5.69 Å². The van der Waals surface area contributed by atoms with Crippen molar-refractivity contribution in [1.82, 2.24) is 9.55 Å². The number of methoxy groups -OCH3 is 1. The Bertz CT molecular complexity index is 622. The first-order chi connectivity index (χ1) is 9.08. The Balaban J connectivity index is 2.56. The molecule has 6 heteroatoms. The number of nitrogen functional groups attached to an aromatic ring is 1. The number of nitrogens with two attached hydrogens (primary N) is 1. The SMILES string of the molecule is COC(=O)c1nc(C)n(-c2cccc(SC)c2)c1N. The molecule has 0 unspecified atom stereocenters. The smallest absolute Gasteiger partial charge is 0.360 e. The molecular weight excluding hydrogens is 262 g/mol. The average molecular weight is 277 g/mol. The minimum atomic E-state index is -0.527. The van der Waals surface area contributed by atoms with Crippen LogP contribution < -0.4 is 5.73 Å². The number of hydrogen-bond donors (Lipinski definition) is 1. The summed E-state index contributed by atoms with van der Waals surface area (Å²) in [5.74, 6) is 0.416. The van der Waals surface area contributed by atoms with Gasteiger partial charge in [0.25, 0.3) is 0 Å². The van der Waals surface area contributed by atoms with E-state index in [9.17, 15) is 4.79 Å². The van der Waals surface area contributed by atoms with Crippen LogP contribution in [0.3, 0.4) is 0 Å². The number of aryl methyl sites for hydroxylation is 1. The summed E-state index contributed by atoms with van der Waals surface area (Å²) < 4.78 is 6.41. The van der Waals surface area contributed by atoms with Crippen molar-refractivity contribution in [2.75, 3.05) is 19.1 Å². The number of anilines is 1. The Morgan fingerprint density at radius 1 is 1.47 bits per heavy atom. The van der Waals surface area contributed by atoms with Crippen molar-refractivity contribution < 1.29 is 9.53 Å². The second-order valence-corrected chi connectivity index (χ2v) is 4.80. The normalized spacial score (nSPS) is 10.5. The molecule has 5 nitrogen and oxygen atoms in total. The van der Waals surface area contributed by atoms with Gasteiger partial charge in [0.15, 0.2) is 5.69 Å². The quantitative estimate of drug-likeness (QED) is 0.688. The molecule has 0 radical (unpaired) electrons. The van der Waals surface area contributed by atoms with Crippen LogP contribution in [0, 0.1) is 6.92 Å². The fraction of sp³-hybridized carbons (Fsp3) is 0.231. The van der Waals surface area contributed by atoms with Gasteiger partial charge in [0.1, 0.15) is 11.6 Å². The van der Waals surface area contributed by atoms with Gasteiger partial charge in [-0.1, -0.05) is 6.07 Å². The number of carbonyl (C=O) groups is 1. The summed E-state index contributed by atoms with van der Waals surface area (Å²) in [5.41, 5.74) is 7.02. The number of aromatic nitrogens is 2. The van der Waals surface area contributed by atoms with E-state index in [1.807, 2.05) is 30.5 Å². The summed E-state index contributed by atoms with van der Waals surface area (Å²) >= 11 is 1.64. The number of benzene rings is 1. The molecule has 0 saturated carbocycles. The maximum Gasteiger partial charge on any atom is 0.360 e. The van der Waals surface area contributed by atoms with Gasteiger partial charge in [-0.15, -0.1) is 11.8 Å². The van der Waals surface area contributed by atoms with Crippen molar-refractivity contribution in [2.45, 2.75) is 11.8 Å². The molecule has 2 N–H and O–H groups in total. The second-order valence-electron chi connectivity index (χ2n) is 3.92. The summed E-state index contributed by atoms with van der Waals surface area (Å²) in [7, 11) is 1.31. The van der Waals surface area contributed by atoms with Crippen LogP contribution in [0.5, 0.6) is 0 Å². The van der Waals surface area contributed by atoms with E-state index in [1.54, 1.807) is 23.3 Å². The standard InChI is InChI=1S/C13H15N3O2S/c1-8-15-11(13(17)18-2)12(14)16(8)9-5-4-6-10(7-9)19-3/h4-7H,14H2,1-3H3. The number of thioether (sulfide) groups is 1. The lowest BCUT2D eigenvalue weighted by molar-refractivity contribution is 0.0596. The lowest BCUT2D eigenvalue weighted by Gasteiger charge is -2.08. The van der Waals surface area contributed by atoms with Crippen LogP contribution in [0.2, 0.25) is 0 Å². The molecule has 0 aliphatic rings. The molecular formula is C13H15N3O2S. The van der Waals surface area contributed by atoms with Gasteiger partial charge < -0.3 is 10.5 Å². The molecule has 0 atom stereocenters. The Morgan fingerprint density at radius 2 is 2.21 bits per heavy atom. The second kappa shape index (κ2) is 5.36. The summed E-state index contributed by atoms with van der Waals surface area (Å²) in [6.07, 6.45) is 2.00. The van der Waals surface area contributed by atoms with Gasteiger partial charge >= 0.3 is 5.97 Å². The molecule has 100 valence electrons. The van der Waals surface area contributed by atoms with Crippen LogP contribution in [-0.2, 0) is 4.74 Å². The first kappa shape index (κ1) is 13.5. The van der Waals surface area contributed by atoms with E-state index in [0.29, 0.717) is 11.6 Å². The fourth-order valence-electron chi connectivity index (χ4n) is 1.87. The van der Waals surface area contributed by atoms with Crippen molar-refractivity contribution in [3.05, 3.63) is 35.8 Å². The van der Waals surface area contributed by atoms with Gasteiger partial charge in [0.05, 0.1) is 7.11 Å². The third-order valence-electron chi connectivity index (χ3n) is 2.77. The summed E-state index contributed by atoms with van der Waals surface area (Å²) in [6, 6.07) is 7.87. The van der Waals surface area contributed by atoms with Crippen molar-refractivity contribution in [1.29, 1.82) is 0 Å². The molecule has 0 bridgehead atoms. The minimum absolute atomic E-state index is 0.148. The van der Waals surface area contributed by atoms with Gasteiger partial charge in [-0.05, 0) is 31.4 Å². The van der Waals surface area contributed by atoms with E-state index in [4.69, 9.17) is 5.73 Å². The molecule has 19 heavy (non-hydrogen) atoms. The Hall–Kier alpha value is -1.95. The van der Waals surface area contributed by atoms with E-state index >= 15 is 0 Å². The van der Waals surface area contributed by atoms with Gasteiger partial charge in [-0.25, -0.2) is 9.78 Å². The van der Waals surface area contributed by atoms with Crippen molar-refractivity contribution >= 4 is 23.5 Å². The lowest BCUT2D eigenvalue weighted by Crippen LogP contribution is -2.07. The zero-order valence-corrected chi connectivity index (χ0v) is 11.8. The number of imidazole rings is 1. The Morgan fingerprint density at radius 3 is 2.84 bits per heavy atom. The van der Waals surface area contributed by atoms with E-state index in [1.165, 1.54) is 7.11 Å². The number of hydrogen-bond acceptors (Lipinski definition) is 5. The highest BCUT2D eigenvalue weighted by Gasteiger charge is 2.19. The van der Waals surface area contributed by atoms with Crippen molar-refractivity contribution in [3.8, 4) is 5.69 Å². The maximum absolute atomic E-state index is 11.6. The molecule has 0 aliphatic heterocycles. The summed E-state index contributed by atoms with van der Waals surface area (Å²) in [6.45, 7) is 1.80. The van der Waals surface area contributed by atoms with E-state index in [0.717, 1.165) is 10.6 Å². The van der Waals surface area contributed by atoms with Gasteiger partial charge in [0.2, 0.25) is 0 Å². The zero-order chi connectivity index (χ0) is 14.0. The molecule has 2 aromatic rings. The highest BCUT2D eigenvalue weighted by Crippen LogP contribution is 2.24. The predicted molar refractivity (Wildman–Crippen MR) is 75.8 cm³/mol. The van der Waals surface area contributed by atoms with E-state index in [-0.39, 0.29) is 5.69 Å². The molecule has 0 fully saturated rings. The maximum atomic E-state index is 11.6. The van der Waals surface area contributed by atoms with Crippen molar-refractivity contribution in [2.24, 2.45) is 0 Å². The first-order valence-corrected chi connectivity index (χ1v) is 6.88. The van der Waals surface area contributed by atoms with Crippen LogP contribution in [-0.4, -0.2) is 28.9 Å². The molecule has 0 spiro atoms. The molecule has 1 heterocycles. The fourth-order valence-corrected chi connectivity index (χ4v) is 2.32. The molecule has 0 aliphatic carbocycles. The van der Waals surface area contributed by atoms with Crippen LogP contribution >= 0.6 is 11.8 Å². The largest absolute Gasteiger partial charge is 0.464 e. The highest BCUT2D eigenvalue weighted by atomic mass is 32.2. The van der Waals surface area contributed by atoms with Crippen molar-refractivity contribution in [3.63, 3.8) is 0 Å². The molecule has 0 amide bonds. The third kappa shape index (κ3) is 2.44. The topological polar surface area (TPSA) is 70.1 Å². The molecule has 2 rings (SSSR count). The third-order valence-corrected chi connectivity index (χ3v) is 3.50.